The summed E-state index contributed by atoms with van der Waals surface area (Å²) in [6.45, 7) is 7.95. The Labute approximate surface area is 195 Å². The van der Waals surface area contributed by atoms with E-state index in [2.05, 4.69) is 23.2 Å². The van der Waals surface area contributed by atoms with Gasteiger partial charge in [-0.05, 0) is 75.4 Å². The van der Waals surface area contributed by atoms with Crippen LogP contribution in [-0.4, -0.2) is 56.1 Å². The van der Waals surface area contributed by atoms with E-state index in [0.717, 1.165) is 51.1 Å². The maximum atomic E-state index is 12.9. The summed E-state index contributed by atoms with van der Waals surface area (Å²) in [5.74, 6) is 0.696. The number of piperidine rings is 1. The molecule has 0 aliphatic carbocycles. The molecule has 2 aromatic rings. The number of benzene rings is 2. The molecule has 0 bridgehead atoms. The summed E-state index contributed by atoms with van der Waals surface area (Å²) in [4.78, 5) is 29.5. The molecule has 2 amide bonds. The van der Waals surface area contributed by atoms with Gasteiger partial charge in [0.25, 0.3) is 11.8 Å². The second-order valence-electron chi connectivity index (χ2n) is 8.45. The number of anilines is 2. The van der Waals surface area contributed by atoms with Gasteiger partial charge in [0.2, 0.25) is 0 Å². The Hall–Kier alpha value is -3.22. The first-order valence-electron chi connectivity index (χ1n) is 12.0. The van der Waals surface area contributed by atoms with Crippen molar-refractivity contribution in [2.75, 3.05) is 49.6 Å². The lowest BCUT2D eigenvalue weighted by molar-refractivity contribution is -0.134. The minimum atomic E-state index is -0.215. The number of fused-ring (bicyclic) bond motifs is 1. The van der Waals surface area contributed by atoms with Crippen molar-refractivity contribution in [1.29, 1.82) is 0 Å². The Balaban J connectivity index is 1.43. The van der Waals surface area contributed by atoms with Gasteiger partial charge in [0.1, 0.15) is 0 Å². The smallest absolute Gasteiger partial charge is 0.260 e. The Morgan fingerprint density at radius 2 is 1.76 bits per heavy atom. The number of hydrogen-bond acceptors (Lipinski definition) is 5. The summed E-state index contributed by atoms with van der Waals surface area (Å²) in [5.41, 5.74) is 3.74. The first-order chi connectivity index (χ1) is 16.1. The van der Waals surface area contributed by atoms with E-state index in [4.69, 9.17) is 9.47 Å². The molecule has 2 heterocycles. The molecule has 2 aromatic carbocycles. The maximum absolute atomic E-state index is 12.9. The summed E-state index contributed by atoms with van der Waals surface area (Å²) in [7, 11) is 0. The fraction of sp³-hybridized carbons (Fsp3) is 0.462. The van der Waals surface area contributed by atoms with Crippen molar-refractivity contribution in [3.8, 4) is 11.5 Å². The van der Waals surface area contributed by atoms with E-state index in [1.807, 2.05) is 24.0 Å². The number of hydrogen-bond donors (Lipinski definition) is 1. The summed E-state index contributed by atoms with van der Waals surface area (Å²) in [5, 5.41) is 2.99. The van der Waals surface area contributed by atoms with Crippen LogP contribution in [0.4, 0.5) is 11.4 Å². The molecular weight excluding hydrogens is 418 g/mol. The number of likely N-dealkylation sites (tertiary alicyclic amines) is 1. The van der Waals surface area contributed by atoms with Crippen LogP contribution in [0.2, 0.25) is 0 Å². The van der Waals surface area contributed by atoms with Crippen molar-refractivity contribution >= 4 is 23.2 Å². The average molecular weight is 452 g/mol. The second-order valence-corrected chi connectivity index (χ2v) is 8.45. The summed E-state index contributed by atoms with van der Waals surface area (Å²) >= 11 is 0. The van der Waals surface area contributed by atoms with Crippen molar-refractivity contribution in [2.45, 2.75) is 39.5 Å². The van der Waals surface area contributed by atoms with E-state index in [9.17, 15) is 9.59 Å². The molecular formula is C26H33N3O4. The lowest BCUT2D eigenvalue weighted by atomic mass is 10.1. The number of carbonyl (C=O) groups excluding carboxylic acids is 2. The molecule has 0 unspecified atom stereocenters. The van der Waals surface area contributed by atoms with Crippen LogP contribution in [0.3, 0.4) is 0 Å². The van der Waals surface area contributed by atoms with Gasteiger partial charge in [-0.15, -0.1) is 0 Å². The average Bonchev–Trinajstić information content (AvgIpc) is 3.26. The molecule has 0 radical (unpaired) electrons. The standard InChI is InChI=1S/C26H33N3O4/c1-3-28-15-12-19-8-10-21(17-22(19)28)27-26(31)20-9-11-23(24(16-20)32-4-2)33-18-25(30)29-13-6-5-7-14-29/h8-11,16-17H,3-7,12-15,18H2,1-2H3,(H,27,31). The zero-order valence-electron chi connectivity index (χ0n) is 19.6. The summed E-state index contributed by atoms with van der Waals surface area (Å²) in [6.07, 6.45) is 4.29. The van der Waals surface area contributed by atoms with Crippen LogP contribution < -0.4 is 19.7 Å². The van der Waals surface area contributed by atoms with Gasteiger partial charge in [0.05, 0.1) is 6.61 Å². The van der Waals surface area contributed by atoms with Gasteiger partial charge in [0, 0.05) is 43.1 Å². The van der Waals surface area contributed by atoms with Gasteiger partial charge in [0.15, 0.2) is 18.1 Å². The Morgan fingerprint density at radius 1 is 0.939 bits per heavy atom. The molecule has 33 heavy (non-hydrogen) atoms. The fourth-order valence-corrected chi connectivity index (χ4v) is 4.47. The molecule has 0 atom stereocenters. The number of nitrogens with one attached hydrogen (secondary N) is 1. The highest BCUT2D eigenvalue weighted by Crippen LogP contribution is 2.32. The van der Waals surface area contributed by atoms with Crippen LogP contribution in [0.25, 0.3) is 0 Å². The van der Waals surface area contributed by atoms with Gasteiger partial charge >= 0.3 is 0 Å². The largest absolute Gasteiger partial charge is 0.490 e. The van der Waals surface area contributed by atoms with Gasteiger partial charge in [-0.3, -0.25) is 9.59 Å². The molecule has 0 aromatic heterocycles. The molecule has 176 valence electrons. The van der Waals surface area contributed by atoms with E-state index in [1.165, 1.54) is 17.7 Å². The molecule has 0 saturated carbocycles. The van der Waals surface area contributed by atoms with Gasteiger partial charge in [-0.1, -0.05) is 6.07 Å². The minimum Gasteiger partial charge on any atom is -0.490 e. The third-order valence-electron chi connectivity index (χ3n) is 6.28. The van der Waals surface area contributed by atoms with Crippen molar-refractivity contribution in [3.63, 3.8) is 0 Å². The van der Waals surface area contributed by atoms with Crippen LogP contribution in [0, 0.1) is 0 Å². The number of carbonyl (C=O) groups is 2. The van der Waals surface area contributed by atoms with Crippen molar-refractivity contribution in [3.05, 3.63) is 47.5 Å². The zero-order chi connectivity index (χ0) is 23.2. The quantitative estimate of drug-likeness (QED) is 0.654. The third kappa shape index (κ3) is 5.41. The number of ether oxygens (including phenoxy) is 2. The summed E-state index contributed by atoms with van der Waals surface area (Å²) < 4.78 is 11.5. The highest BCUT2D eigenvalue weighted by atomic mass is 16.5. The minimum absolute atomic E-state index is 0.0169. The molecule has 1 fully saturated rings. The number of nitrogens with zero attached hydrogens (tertiary/aromatic N) is 2. The predicted octanol–water partition coefficient (Wildman–Crippen LogP) is 4.11. The van der Waals surface area contributed by atoms with Crippen molar-refractivity contribution < 1.29 is 19.1 Å². The van der Waals surface area contributed by atoms with Crippen molar-refractivity contribution in [2.24, 2.45) is 0 Å². The topological polar surface area (TPSA) is 71.1 Å². The molecule has 4 rings (SSSR count). The number of likely N-dealkylation sites (N-methyl/N-ethyl adjacent to an activating group) is 1. The van der Waals surface area contributed by atoms with Gasteiger partial charge in [-0.2, -0.15) is 0 Å². The van der Waals surface area contributed by atoms with Crippen LogP contribution in [0.15, 0.2) is 36.4 Å². The van der Waals surface area contributed by atoms with Crippen molar-refractivity contribution in [1.82, 2.24) is 4.90 Å². The Bertz CT molecular complexity index is 1000. The zero-order valence-corrected chi connectivity index (χ0v) is 19.6. The predicted molar refractivity (Wildman–Crippen MR) is 130 cm³/mol. The van der Waals surface area contributed by atoms with Crippen LogP contribution in [0.5, 0.6) is 11.5 Å². The Morgan fingerprint density at radius 3 is 2.52 bits per heavy atom. The maximum Gasteiger partial charge on any atom is 0.260 e. The number of rotatable bonds is 8. The number of amides is 2. The van der Waals surface area contributed by atoms with Crippen LogP contribution in [-0.2, 0) is 11.2 Å². The highest BCUT2D eigenvalue weighted by molar-refractivity contribution is 6.05. The van der Waals surface area contributed by atoms with Crippen LogP contribution in [0.1, 0.15) is 49.0 Å². The van der Waals surface area contributed by atoms with E-state index in [1.54, 1.807) is 18.2 Å². The SMILES string of the molecule is CCOc1cc(C(=O)Nc2ccc3c(c2)N(CC)CC3)ccc1OCC(=O)N1CCCCC1. The molecule has 7 heteroatoms. The van der Waals surface area contributed by atoms with E-state index in [0.29, 0.717) is 23.7 Å². The Kier molecular flexibility index (Phi) is 7.37. The van der Waals surface area contributed by atoms with E-state index < -0.39 is 0 Å². The molecule has 1 saturated heterocycles. The molecule has 0 spiro atoms. The third-order valence-corrected chi connectivity index (χ3v) is 6.28. The lowest BCUT2D eigenvalue weighted by Crippen LogP contribution is -2.38. The normalized spacial score (nSPS) is 15.2. The first kappa shape index (κ1) is 23.0. The van der Waals surface area contributed by atoms with Gasteiger partial charge in [-0.25, -0.2) is 0 Å². The van der Waals surface area contributed by atoms with E-state index in [-0.39, 0.29) is 18.4 Å². The molecule has 2 aliphatic rings. The molecule has 7 nitrogen and oxygen atoms in total. The van der Waals surface area contributed by atoms with Crippen LogP contribution >= 0.6 is 0 Å². The van der Waals surface area contributed by atoms with E-state index >= 15 is 0 Å². The summed E-state index contributed by atoms with van der Waals surface area (Å²) in [6, 6.07) is 11.1. The second kappa shape index (κ2) is 10.6. The molecule has 1 N–H and O–H groups in total. The fourth-order valence-electron chi connectivity index (χ4n) is 4.47. The highest BCUT2D eigenvalue weighted by Gasteiger charge is 2.20. The lowest BCUT2D eigenvalue weighted by Gasteiger charge is -2.26. The first-order valence-corrected chi connectivity index (χ1v) is 12.0. The monoisotopic (exact) mass is 451 g/mol. The molecule has 2 aliphatic heterocycles. The van der Waals surface area contributed by atoms with Gasteiger partial charge < -0.3 is 24.6 Å².